The molecule has 7 nitrogen and oxygen atoms in total. The minimum Gasteiger partial charge on any atom is -0.449 e. The van der Waals surface area contributed by atoms with E-state index in [4.69, 9.17) is 10.2 Å². The van der Waals surface area contributed by atoms with Crippen molar-refractivity contribution in [1.29, 1.82) is 0 Å². The van der Waals surface area contributed by atoms with Gasteiger partial charge >= 0.3 is 12.3 Å². The third kappa shape index (κ3) is 28.7. The third-order valence-electron chi connectivity index (χ3n) is 0.341. The lowest BCUT2D eigenvalue weighted by Crippen LogP contribution is -2.05. The molecule has 0 aliphatic rings. The molecule has 0 bridgehead atoms. The number of ether oxygens (including phenoxy) is 1. The maximum Gasteiger partial charge on any atom is 0.516 e. The van der Waals surface area contributed by atoms with Crippen molar-refractivity contribution in [3.63, 3.8) is 0 Å². The van der Waals surface area contributed by atoms with Crippen LogP contribution in [0.15, 0.2) is 0 Å². The summed E-state index contributed by atoms with van der Waals surface area (Å²) in [7, 11) is 2.92. The maximum atomic E-state index is 9.21. The molecule has 0 atom stereocenters. The molecule has 0 radical (unpaired) electrons. The monoisotopic (exact) mass is 168 g/mol. The Hall–Kier alpha value is -1.34. The lowest BCUT2D eigenvalue weighted by molar-refractivity contribution is -0.248. The van der Waals surface area contributed by atoms with E-state index in [-0.39, 0.29) is 0 Å². The normalized spacial score (nSPS) is 7.45. The Balaban J connectivity index is 0. The van der Waals surface area contributed by atoms with Gasteiger partial charge in [-0.1, -0.05) is 0 Å². The summed E-state index contributed by atoms with van der Waals surface area (Å²) in [4.78, 5) is 26.5. The Morgan fingerprint density at radius 3 is 1.27 bits per heavy atom. The van der Waals surface area contributed by atoms with E-state index in [0.29, 0.717) is 0 Å². The quantitative estimate of drug-likeness (QED) is 0.255. The minimum atomic E-state index is -1.81. The van der Waals surface area contributed by atoms with E-state index in [1.807, 2.05) is 0 Å². The van der Waals surface area contributed by atoms with E-state index in [9.17, 15) is 9.59 Å². The largest absolute Gasteiger partial charge is 0.516 e. The summed E-state index contributed by atoms with van der Waals surface area (Å²) in [6, 6.07) is 0. The summed E-state index contributed by atoms with van der Waals surface area (Å²) < 4.78 is 3.08. The molecular weight excluding hydrogens is 160 g/mol. The van der Waals surface area contributed by atoms with Crippen molar-refractivity contribution in [2.75, 3.05) is 14.2 Å². The summed E-state index contributed by atoms with van der Waals surface area (Å²) in [5.74, 6) is 0. The highest BCUT2D eigenvalue weighted by Gasteiger charge is 2.01. The van der Waals surface area contributed by atoms with Gasteiger partial charge in [-0.3, -0.25) is 0 Å². The first-order valence-electron chi connectivity index (χ1n) is 2.25. The van der Waals surface area contributed by atoms with E-state index in [1.165, 1.54) is 14.2 Å². The predicted molar refractivity (Wildman–Crippen MR) is 31.2 cm³/mol. The molecule has 11 heavy (non-hydrogen) atoms. The van der Waals surface area contributed by atoms with Crippen LogP contribution in [0.4, 0.5) is 9.59 Å². The van der Waals surface area contributed by atoms with Crippen LogP contribution in [0.3, 0.4) is 0 Å². The number of carboxylic acid groups (broad SMARTS) is 2. The molecule has 0 heterocycles. The lowest BCUT2D eigenvalue weighted by atomic mass is 11.3. The topological polar surface area (TPSA) is 102 Å². The molecule has 0 amide bonds. The molecule has 0 fully saturated rings. The molecule has 0 aromatic heterocycles. The van der Waals surface area contributed by atoms with Gasteiger partial charge in [0.15, 0.2) is 0 Å². The molecule has 0 unspecified atom stereocenters. The lowest BCUT2D eigenvalue weighted by Gasteiger charge is -1.84. The summed E-state index contributed by atoms with van der Waals surface area (Å²) in [6.07, 6.45) is -3.62. The first-order valence-corrected chi connectivity index (χ1v) is 2.25. The first-order chi connectivity index (χ1) is 5.04. The Kier molecular flexibility index (Phi) is 9.72. The molecule has 0 saturated carbocycles. The second-order valence-electron chi connectivity index (χ2n) is 0.967. The molecule has 0 aliphatic carbocycles. The molecule has 7 heteroatoms. The second kappa shape index (κ2) is 8.66. The van der Waals surface area contributed by atoms with Gasteiger partial charge in [0.2, 0.25) is 0 Å². The molecule has 66 valence electrons. The van der Waals surface area contributed by atoms with Crippen LogP contribution in [-0.4, -0.2) is 36.7 Å². The zero-order valence-corrected chi connectivity index (χ0v) is 5.94. The molecule has 0 rings (SSSR count). The third-order valence-corrected chi connectivity index (χ3v) is 0.341. The van der Waals surface area contributed by atoms with Gasteiger partial charge in [0.25, 0.3) is 0 Å². The van der Waals surface area contributed by atoms with Gasteiger partial charge in [-0.05, 0) is 0 Å². The van der Waals surface area contributed by atoms with Crippen LogP contribution in [0.2, 0.25) is 0 Å². The van der Waals surface area contributed by atoms with Crippen LogP contribution < -0.4 is 0 Å². The highest BCUT2D eigenvalue weighted by atomic mass is 17.2. The average molecular weight is 168 g/mol. The average Bonchev–Trinajstić information content (AvgIpc) is 1.85. The number of carbonyl (C=O) groups is 2. The molecule has 0 aliphatic heterocycles. The van der Waals surface area contributed by atoms with E-state index < -0.39 is 12.3 Å². The van der Waals surface area contributed by atoms with Crippen molar-refractivity contribution in [3.05, 3.63) is 0 Å². The van der Waals surface area contributed by atoms with Gasteiger partial charge in [-0.15, -0.1) is 0 Å². The Bertz CT molecular complexity index is 106. The Morgan fingerprint density at radius 1 is 1.00 bits per heavy atom. The molecule has 0 saturated heterocycles. The molecule has 0 aromatic carbocycles. The molecule has 0 spiro atoms. The van der Waals surface area contributed by atoms with E-state index in [2.05, 4.69) is 14.5 Å². The van der Waals surface area contributed by atoms with Crippen LogP contribution in [0.5, 0.6) is 0 Å². The van der Waals surface area contributed by atoms with Crippen LogP contribution in [0.1, 0.15) is 0 Å². The fourth-order valence-electron chi connectivity index (χ4n) is 0.0747. The van der Waals surface area contributed by atoms with Crippen LogP contribution >= 0.6 is 0 Å². The summed E-state index contributed by atoms with van der Waals surface area (Å²) >= 11 is 0. The standard InChI is InChI=1S/C2H2O5.C2H6O2/c3-1(4)7-2(5)6;1-3-4-2/h(H,3,4)(H,5,6);1-2H3. The van der Waals surface area contributed by atoms with Gasteiger partial charge in [-0.2, -0.15) is 0 Å². The van der Waals surface area contributed by atoms with Crippen molar-refractivity contribution in [2.24, 2.45) is 0 Å². The minimum absolute atomic E-state index is 1.46. The van der Waals surface area contributed by atoms with Crippen molar-refractivity contribution < 1.29 is 34.3 Å². The zero-order valence-electron chi connectivity index (χ0n) is 5.94. The Morgan fingerprint density at radius 2 is 1.27 bits per heavy atom. The van der Waals surface area contributed by atoms with Crippen LogP contribution in [0.25, 0.3) is 0 Å². The predicted octanol–water partition coefficient (Wildman–Crippen LogP) is 0.553. The van der Waals surface area contributed by atoms with Crippen molar-refractivity contribution in [1.82, 2.24) is 0 Å². The van der Waals surface area contributed by atoms with Gasteiger partial charge in [0, 0.05) is 0 Å². The van der Waals surface area contributed by atoms with E-state index in [1.54, 1.807) is 0 Å². The van der Waals surface area contributed by atoms with E-state index in [0.717, 1.165) is 0 Å². The summed E-state index contributed by atoms with van der Waals surface area (Å²) in [5, 5.41) is 15.0. The van der Waals surface area contributed by atoms with Crippen molar-refractivity contribution in [2.45, 2.75) is 0 Å². The number of hydrogen-bond acceptors (Lipinski definition) is 5. The summed E-state index contributed by atoms with van der Waals surface area (Å²) in [5.41, 5.74) is 0. The number of hydrogen-bond donors (Lipinski definition) is 2. The van der Waals surface area contributed by atoms with E-state index >= 15 is 0 Å². The molecule has 2 N–H and O–H groups in total. The molecular formula is C4H8O7. The Labute approximate surface area is 62.0 Å². The van der Waals surface area contributed by atoms with Gasteiger partial charge in [-0.25, -0.2) is 19.4 Å². The fourth-order valence-corrected chi connectivity index (χ4v) is 0.0747. The number of rotatable bonds is 1. The van der Waals surface area contributed by atoms with Crippen molar-refractivity contribution in [3.8, 4) is 0 Å². The van der Waals surface area contributed by atoms with Gasteiger partial charge < -0.3 is 14.9 Å². The van der Waals surface area contributed by atoms with Crippen molar-refractivity contribution >= 4 is 12.3 Å². The maximum absolute atomic E-state index is 9.21. The second-order valence-corrected chi connectivity index (χ2v) is 0.967. The zero-order chi connectivity index (χ0) is 9.28. The first kappa shape index (κ1) is 12.3. The highest BCUT2D eigenvalue weighted by Crippen LogP contribution is 1.73. The fraction of sp³-hybridized carbons (Fsp3) is 0.500. The van der Waals surface area contributed by atoms with Crippen LogP contribution in [0, 0.1) is 0 Å². The highest BCUT2D eigenvalue weighted by molar-refractivity contribution is 5.74. The van der Waals surface area contributed by atoms with Crippen LogP contribution in [-0.2, 0) is 14.5 Å². The molecule has 0 aromatic rings. The van der Waals surface area contributed by atoms with Gasteiger partial charge in [0.1, 0.15) is 0 Å². The SMILES string of the molecule is COOC.O=C(O)OC(=O)O. The summed E-state index contributed by atoms with van der Waals surface area (Å²) in [6.45, 7) is 0. The van der Waals surface area contributed by atoms with Gasteiger partial charge in [0.05, 0.1) is 14.2 Å². The smallest absolute Gasteiger partial charge is 0.449 e.